The highest BCUT2D eigenvalue weighted by Gasteiger charge is 2.32. The molecule has 0 N–H and O–H groups in total. The molecule has 8 heteroatoms. The van der Waals surface area contributed by atoms with Crippen LogP contribution in [0.15, 0.2) is 29.5 Å². The van der Waals surface area contributed by atoms with Crippen molar-refractivity contribution in [2.45, 2.75) is 13.8 Å². The first-order valence-corrected chi connectivity index (χ1v) is 7.72. The van der Waals surface area contributed by atoms with Gasteiger partial charge in [0, 0.05) is 16.8 Å². The summed E-state index contributed by atoms with van der Waals surface area (Å²) in [5.74, 6) is -1.98. The standard InChI is InChI=1S/C18H19NO7/c1-10(20)12-5-13(11(2)21)7-14(6-12)19-9-26-8-15(17(22)24-3)16(19)18(23)25-4/h5-7H,8-9H2,1-4H3. The molecule has 0 fully saturated rings. The van der Waals surface area contributed by atoms with Crippen molar-refractivity contribution in [3.63, 3.8) is 0 Å². The number of carbonyl (C=O) groups excluding carboxylic acids is 4. The van der Waals surface area contributed by atoms with Crippen LogP contribution in [0.25, 0.3) is 0 Å². The summed E-state index contributed by atoms with van der Waals surface area (Å²) in [6.07, 6.45) is 0. The lowest BCUT2D eigenvalue weighted by Gasteiger charge is -2.31. The number of ether oxygens (including phenoxy) is 3. The van der Waals surface area contributed by atoms with Crippen LogP contribution < -0.4 is 4.90 Å². The fourth-order valence-electron chi connectivity index (χ4n) is 2.52. The van der Waals surface area contributed by atoms with Crippen molar-refractivity contribution in [2.75, 3.05) is 32.5 Å². The molecule has 0 aliphatic carbocycles. The number of anilines is 1. The van der Waals surface area contributed by atoms with Gasteiger partial charge in [-0.1, -0.05) is 0 Å². The Bertz CT molecular complexity index is 778. The van der Waals surface area contributed by atoms with Crippen molar-refractivity contribution in [2.24, 2.45) is 0 Å². The minimum Gasteiger partial charge on any atom is -0.466 e. The maximum Gasteiger partial charge on any atom is 0.355 e. The smallest absolute Gasteiger partial charge is 0.355 e. The summed E-state index contributed by atoms with van der Waals surface area (Å²) in [6, 6.07) is 4.50. The Morgan fingerprint density at radius 3 is 1.92 bits per heavy atom. The van der Waals surface area contributed by atoms with E-state index in [1.165, 1.54) is 51.2 Å². The van der Waals surface area contributed by atoms with Crippen molar-refractivity contribution >= 4 is 29.2 Å². The molecular weight excluding hydrogens is 342 g/mol. The molecule has 0 saturated carbocycles. The van der Waals surface area contributed by atoms with Gasteiger partial charge in [0.25, 0.3) is 0 Å². The molecule has 1 aliphatic heterocycles. The molecule has 26 heavy (non-hydrogen) atoms. The number of hydrogen-bond donors (Lipinski definition) is 0. The first-order chi connectivity index (χ1) is 12.3. The molecule has 0 saturated heterocycles. The van der Waals surface area contributed by atoms with Gasteiger partial charge < -0.3 is 19.1 Å². The minimum absolute atomic E-state index is 0.0109. The molecule has 1 aliphatic rings. The summed E-state index contributed by atoms with van der Waals surface area (Å²) in [4.78, 5) is 49.3. The number of benzene rings is 1. The SMILES string of the molecule is COC(=O)C1=C(C(=O)OC)N(c2cc(C(C)=O)cc(C(C)=O)c2)COC1. The molecule has 0 bridgehead atoms. The van der Waals surface area contributed by atoms with Crippen molar-refractivity contribution in [3.05, 3.63) is 40.6 Å². The number of nitrogens with zero attached hydrogens (tertiary/aromatic N) is 1. The number of rotatable bonds is 5. The molecule has 1 heterocycles. The zero-order valence-electron chi connectivity index (χ0n) is 15.0. The molecule has 0 amide bonds. The van der Waals surface area contributed by atoms with E-state index in [4.69, 9.17) is 14.2 Å². The highest BCUT2D eigenvalue weighted by Crippen LogP contribution is 2.29. The van der Waals surface area contributed by atoms with Crippen LogP contribution in [-0.2, 0) is 23.8 Å². The molecular formula is C18H19NO7. The van der Waals surface area contributed by atoms with E-state index in [9.17, 15) is 19.2 Å². The first-order valence-electron chi connectivity index (χ1n) is 7.72. The monoisotopic (exact) mass is 361 g/mol. The Morgan fingerprint density at radius 2 is 1.46 bits per heavy atom. The number of methoxy groups -OCH3 is 2. The third-order valence-electron chi connectivity index (χ3n) is 3.88. The molecule has 2 rings (SSSR count). The molecule has 8 nitrogen and oxygen atoms in total. The van der Waals surface area contributed by atoms with Crippen LogP contribution in [0.2, 0.25) is 0 Å². The van der Waals surface area contributed by atoms with Gasteiger partial charge in [-0.25, -0.2) is 9.59 Å². The fourth-order valence-corrected chi connectivity index (χ4v) is 2.52. The normalized spacial score (nSPS) is 14.1. The van der Waals surface area contributed by atoms with Crippen LogP contribution in [-0.4, -0.2) is 51.1 Å². The van der Waals surface area contributed by atoms with E-state index in [2.05, 4.69) is 0 Å². The van der Waals surface area contributed by atoms with Gasteiger partial charge in [0.15, 0.2) is 11.6 Å². The number of hydrogen-bond acceptors (Lipinski definition) is 8. The van der Waals surface area contributed by atoms with Gasteiger partial charge in [0.05, 0.1) is 26.4 Å². The largest absolute Gasteiger partial charge is 0.466 e. The lowest BCUT2D eigenvalue weighted by molar-refractivity contribution is -0.140. The first kappa shape index (κ1) is 19.3. The lowest BCUT2D eigenvalue weighted by atomic mass is 10.0. The van der Waals surface area contributed by atoms with Gasteiger partial charge in [-0.3, -0.25) is 9.59 Å². The van der Waals surface area contributed by atoms with Crippen LogP contribution >= 0.6 is 0 Å². The van der Waals surface area contributed by atoms with Crippen LogP contribution in [0.5, 0.6) is 0 Å². The van der Waals surface area contributed by atoms with E-state index in [1.54, 1.807) is 0 Å². The number of Topliss-reactive ketones (excluding diaryl/α,β-unsaturated/α-hetero) is 2. The van der Waals surface area contributed by atoms with Gasteiger partial charge in [-0.15, -0.1) is 0 Å². The summed E-state index contributed by atoms with van der Waals surface area (Å²) >= 11 is 0. The summed E-state index contributed by atoms with van der Waals surface area (Å²) in [5.41, 5.74) is 0.873. The Hall–Kier alpha value is -3.00. The second-order valence-electron chi connectivity index (χ2n) is 5.60. The predicted octanol–water partition coefficient (Wildman–Crippen LogP) is 1.49. The van der Waals surface area contributed by atoms with E-state index in [0.717, 1.165) is 0 Å². The van der Waals surface area contributed by atoms with Gasteiger partial charge in [0.1, 0.15) is 12.4 Å². The van der Waals surface area contributed by atoms with E-state index in [0.29, 0.717) is 16.8 Å². The number of ketones is 2. The molecule has 1 aromatic carbocycles. The molecule has 0 spiro atoms. The highest BCUT2D eigenvalue weighted by molar-refractivity contribution is 6.05. The second kappa shape index (κ2) is 7.92. The Morgan fingerprint density at radius 1 is 0.923 bits per heavy atom. The third kappa shape index (κ3) is 3.80. The van der Waals surface area contributed by atoms with Crippen molar-refractivity contribution in [1.82, 2.24) is 0 Å². The Kier molecular flexibility index (Phi) is 5.89. The third-order valence-corrected chi connectivity index (χ3v) is 3.88. The summed E-state index contributed by atoms with van der Waals surface area (Å²) < 4.78 is 14.9. The predicted molar refractivity (Wildman–Crippen MR) is 90.8 cm³/mol. The van der Waals surface area contributed by atoms with E-state index < -0.39 is 11.9 Å². The topological polar surface area (TPSA) is 99.2 Å². The van der Waals surface area contributed by atoms with Gasteiger partial charge in [-0.2, -0.15) is 0 Å². The molecule has 1 aromatic rings. The van der Waals surface area contributed by atoms with Crippen molar-refractivity contribution in [1.29, 1.82) is 0 Å². The van der Waals surface area contributed by atoms with E-state index in [1.807, 2.05) is 0 Å². The molecule has 0 unspecified atom stereocenters. The second-order valence-corrected chi connectivity index (χ2v) is 5.60. The zero-order chi connectivity index (χ0) is 19.4. The summed E-state index contributed by atoms with van der Waals surface area (Å²) in [7, 11) is 2.37. The van der Waals surface area contributed by atoms with E-state index >= 15 is 0 Å². The molecule has 0 atom stereocenters. The van der Waals surface area contributed by atoms with Gasteiger partial charge in [-0.05, 0) is 32.0 Å². The summed E-state index contributed by atoms with van der Waals surface area (Å²) in [6.45, 7) is 2.54. The number of esters is 2. The van der Waals surface area contributed by atoms with Crippen molar-refractivity contribution in [3.8, 4) is 0 Å². The molecule has 138 valence electrons. The average Bonchev–Trinajstić information content (AvgIpc) is 2.65. The maximum absolute atomic E-state index is 12.3. The van der Waals surface area contributed by atoms with Crippen LogP contribution in [0.4, 0.5) is 5.69 Å². The lowest BCUT2D eigenvalue weighted by Crippen LogP contribution is -2.39. The van der Waals surface area contributed by atoms with E-state index in [-0.39, 0.29) is 36.2 Å². The molecule has 0 aromatic heterocycles. The average molecular weight is 361 g/mol. The van der Waals surface area contributed by atoms with Crippen molar-refractivity contribution < 1.29 is 33.4 Å². The van der Waals surface area contributed by atoms with Gasteiger partial charge >= 0.3 is 11.9 Å². The molecule has 0 radical (unpaired) electrons. The van der Waals surface area contributed by atoms with Crippen LogP contribution in [0.3, 0.4) is 0 Å². The van der Waals surface area contributed by atoms with Gasteiger partial charge in [0.2, 0.25) is 0 Å². The minimum atomic E-state index is -0.758. The Labute approximate surface area is 150 Å². The zero-order valence-corrected chi connectivity index (χ0v) is 15.0. The van der Waals surface area contributed by atoms with Crippen LogP contribution in [0.1, 0.15) is 34.6 Å². The highest BCUT2D eigenvalue weighted by atomic mass is 16.5. The maximum atomic E-state index is 12.3. The quantitative estimate of drug-likeness (QED) is 0.574. The fraction of sp³-hybridized carbons (Fsp3) is 0.333. The van der Waals surface area contributed by atoms with Crippen LogP contribution in [0, 0.1) is 0 Å². The number of carbonyl (C=O) groups is 4. The summed E-state index contributed by atoms with van der Waals surface area (Å²) in [5, 5.41) is 0. The Balaban J connectivity index is 2.68.